The minimum Gasteiger partial charge on any atom is -0.328 e. The van der Waals surface area contributed by atoms with E-state index in [9.17, 15) is 4.79 Å². The van der Waals surface area contributed by atoms with Crippen molar-refractivity contribution in [3.63, 3.8) is 0 Å². The van der Waals surface area contributed by atoms with Crippen molar-refractivity contribution in [1.29, 1.82) is 0 Å². The Morgan fingerprint density at radius 1 is 1.37 bits per heavy atom. The van der Waals surface area contributed by atoms with Gasteiger partial charge in [0.15, 0.2) is 0 Å². The largest absolute Gasteiger partial charge is 0.328 e. The molecule has 2 unspecified atom stereocenters. The minimum absolute atomic E-state index is 0.199. The highest BCUT2D eigenvalue weighted by Gasteiger charge is 2.31. The first kappa shape index (κ1) is 12.4. The van der Waals surface area contributed by atoms with Crippen LogP contribution < -0.4 is 0 Å². The summed E-state index contributed by atoms with van der Waals surface area (Å²) >= 11 is 0. The van der Waals surface area contributed by atoms with Crippen LogP contribution in [-0.4, -0.2) is 15.3 Å². The Morgan fingerprint density at radius 2 is 2.16 bits per heavy atom. The highest BCUT2D eigenvalue weighted by atomic mass is 16.1. The number of hydrogen-bond donors (Lipinski definition) is 0. The van der Waals surface area contributed by atoms with E-state index in [-0.39, 0.29) is 5.92 Å². The molecule has 1 aliphatic carbocycles. The van der Waals surface area contributed by atoms with Crippen LogP contribution in [0.5, 0.6) is 0 Å². The molecule has 0 spiro atoms. The third kappa shape index (κ3) is 2.07. The molecule has 100 valence electrons. The summed E-state index contributed by atoms with van der Waals surface area (Å²) in [5.74, 6) is 2.22. The number of Topliss-reactive ketones (excluding diaryl/α,β-unsaturated/α-hetero) is 1. The average Bonchev–Trinajstić information content (AvgIpc) is 2.93. The number of nitrogens with zero attached hydrogens (tertiary/aromatic N) is 2. The Kier molecular flexibility index (Phi) is 3.13. The van der Waals surface area contributed by atoms with Crippen LogP contribution >= 0.6 is 0 Å². The van der Waals surface area contributed by atoms with Gasteiger partial charge in [-0.25, -0.2) is 4.98 Å². The molecule has 1 fully saturated rings. The van der Waals surface area contributed by atoms with E-state index in [4.69, 9.17) is 4.98 Å². The number of para-hydroxylation sites is 2. The van der Waals surface area contributed by atoms with Gasteiger partial charge in [0.25, 0.3) is 0 Å². The van der Waals surface area contributed by atoms with E-state index in [1.54, 1.807) is 0 Å². The quantitative estimate of drug-likeness (QED) is 0.845. The molecule has 1 aliphatic rings. The lowest BCUT2D eigenvalue weighted by Gasteiger charge is -2.14. The first-order chi connectivity index (χ1) is 9.20. The maximum Gasteiger partial charge on any atom is 0.136 e. The molecule has 0 radical (unpaired) electrons. The van der Waals surface area contributed by atoms with E-state index in [0.29, 0.717) is 11.7 Å². The molecule has 0 bridgehead atoms. The van der Waals surface area contributed by atoms with Gasteiger partial charge in [0.05, 0.1) is 11.0 Å². The Bertz CT molecular complexity index is 614. The molecule has 2 atom stereocenters. The number of fused-ring (bicyclic) bond motifs is 1. The van der Waals surface area contributed by atoms with Crippen LogP contribution in [0.2, 0.25) is 0 Å². The van der Waals surface area contributed by atoms with Crippen molar-refractivity contribution in [2.24, 2.45) is 11.8 Å². The van der Waals surface area contributed by atoms with Crippen LogP contribution in [0.3, 0.4) is 0 Å². The standard InChI is InChI=1S/C16H20N2O/c1-3-18-14-7-5-4-6-13(14)17-16(18)10-12-8-9-15(19)11(12)2/h4-7,11-12H,3,8-10H2,1-2H3. The van der Waals surface area contributed by atoms with Gasteiger partial charge in [-0.15, -0.1) is 0 Å². The zero-order chi connectivity index (χ0) is 13.4. The predicted octanol–water partition coefficient (Wildman–Crippen LogP) is 3.21. The summed E-state index contributed by atoms with van der Waals surface area (Å²) in [5.41, 5.74) is 2.27. The first-order valence-electron chi connectivity index (χ1n) is 7.17. The number of carbonyl (C=O) groups excluding carboxylic acids is 1. The molecule has 1 aromatic heterocycles. The highest BCUT2D eigenvalue weighted by molar-refractivity contribution is 5.83. The van der Waals surface area contributed by atoms with Gasteiger partial charge in [0, 0.05) is 25.3 Å². The van der Waals surface area contributed by atoms with Crippen LogP contribution in [0.25, 0.3) is 11.0 Å². The van der Waals surface area contributed by atoms with Crippen molar-refractivity contribution in [3.05, 3.63) is 30.1 Å². The van der Waals surface area contributed by atoms with Gasteiger partial charge in [0.2, 0.25) is 0 Å². The van der Waals surface area contributed by atoms with Gasteiger partial charge in [-0.05, 0) is 31.4 Å². The van der Waals surface area contributed by atoms with Crippen LogP contribution in [0.1, 0.15) is 32.5 Å². The van der Waals surface area contributed by atoms with E-state index in [1.807, 2.05) is 6.07 Å². The Hall–Kier alpha value is -1.64. The smallest absolute Gasteiger partial charge is 0.136 e. The SMILES string of the molecule is CCn1c(CC2CCC(=O)C2C)nc2ccccc21. The summed E-state index contributed by atoms with van der Waals surface area (Å²) in [7, 11) is 0. The van der Waals surface area contributed by atoms with Crippen LogP contribution in [0, 0.1) is 11.8 Å². The molecular weight excluding hydrogens is 236 g/mol. The van der Waals surface area contributed by atoms with Crippen molar-refractivity contribution in [3.8, 4) is 0 Å². The Labute approximate surface area is 113 Å². The number of hydrogen-bond acceptors (Lipinski definition) is 2. The number of aromatic nitrogens is 2. The number of ketones is 1. The van der Waals surface area contributed by atoms with Gasteiger partial charge in [-0.2, -0.15) is 0 Å². The number of benzene rings is 1. The van der Waals surface area contributed by atoms with Crippen molar-refractivity contribution in [1.82, 2.24) is 9.55 Å². The third-order valence-electron chi connectivity index (χ3n) is 4.47. The molecule has 0 saturated heterocycles. The molecule has 0 N–H and O–H groups in total. The normalized spacial score (nSPS) is 23.4. The Morgan fingerprint density at radius 3 is 2.84 bits per heavy atom. The van der Waals surface area contributed by atoms with Gasteiger partial charge in [-0.1, -0.05) is 19.1 Å². The zero-order valence-electron chi connectivity index (χ0n) is 11.6. The Balaban J connectivity index is 1.94. The molecule has 0 amide bonds. The fourth-order valence-corrected chi connectivity index (χ4v) is 3.22. The van der Waals surface area contributed by atoms with E-state index in [0.717, 1.165) is 37.1 Å². The molecule has 3 rings (SSSR count). The van der Waals surface area contributed by atoms with Crippen molar-refractivity contribution in [2.45, 2.75) is 39.7 Å². The maximum absolute atomic E-state index is 11.7. The fraction of sp³-hybridized carbons (Fsp3) is 0.500. The molecule has 3 heteroatoms. The number of rotatable bonds is 3. The second-order valence-electron chi connectivity index (χ2n) is 5.52. The van der Waals surface area contributed by atoms with E-state index < -0.39 is 0 Å². The van der Waals surface area contributed by atoms with E-state index in [2.05, 4.69) is 36.6 Å². The topological polar surface area (TPSA) is 34.9 Å². The monoisotopic (exact) mass is 256 g/mol. The summed E-state index contributed by atoms with van der Waals surface area (Å²) < 4.78 is 2.28. The lowest BCUT2D eigenvalue weighted by atomic mass is 9.94. The summed E-state index contributed by atoms with van der Waals surface area (Å²) in [5, 5.41) is 0. The molecule has 2 aromatic rings. The lowest BCUT2D eigenvalue weighted by Crippen LogP contribution is -2.15. The summed E-state index contributed by atoms with van der Waals surface area (Å²) in [4.78, 5) is 16.4. The lowest BCUT2D eigenvalue weighted by molar-refractivity contribution is -0.120. The van der Waals surface area contributed by atoms with Crippen molar-refractivity contribution < 1.29 is 4.79 Å². The van der Waals surface area contributed by atoms with Crippen LogP contribution in [0.15, 0.2) is 24.3 Å². The van der Waals surface area contributed by atoms with Crippen LogP contribution in [-0.2, 0) is 17.8 Å². The van der Waals surface area contributed by atoms with Crippen molar-refractivity contribution in [2.75, 3.05) is 0 Å². The van der Waals surface area contributed by atoms with Gasteiger partial charge in [-0.3, -0.25) is 4.79 Å². The highest BCUT2D eigenvalue weighted by Crippen LogP contribution is 2.31. The van der Waals surface area contributed by atoms with Gasteiger partial charge >= 0.3 is 0 Å². The molecule has 1 saturated carbocycles. The number of carbonyl (C=O) groups is 1. The molecule has 0 aliphatic heterocycles. The third-order valence-corrected chi connectivity index (χ3v) is 4.47. The van der Waals surface area contributed by atoms with E-state index in [1.165, 1.54) is 5.52 Å². The van der Waals surface area contributed by atoms with Crippen LogP contribution in [0.4, 0.5) is 0 Å². The second kappa shape index (κ2) is 4.80. The molecule has 1 aromatic carbocycles. The zero-order valence-corrected chi connectivity index (χ0v) is 11.6. The fourth-order valence-electron chi connectivity index (χ4n) is 3.22. The molecule has 19 heavy (non-hydrogen) atoms. The summed E-state index contributed by atoms with van der Waals surface area (Å²) in [6.07, 6.45) is 2.69. The summed E-state index contributed by atoms with van der Waals surface area (Å²) in [6.45, 7) is 5.16. The maximum atomic E-state index is 11.7. The number of imidazole rings is 1. The van der Waals surface area contributed by atoms with Crippen molar-refractivity contribution >= 4 is 16.8 Å². The molecule has 3 nitrogen and oxygen atoms in total. The predicted molar refractivity (Wildman–Crippen MR) is 76.0 cm³/mol. The number of aryl methyl sites for hydroxylation is 1. The van der Waals surface area contributed by atoms with E-state index >= 15 is 0 Å². The first-order valence-corrected chi connectivity index (χ1v) is 7.17. The summed E-state index contributed by atoms with van der Waals surface area (Å²) in [6, 6.07) is 8.27. The second-order valence-corrected chi connectivity index (χ2v) is 5.52. The average molecular weight is 256 g/mol. The molecular formula is C16H20N2O. The molecule has 1 heterocycles. The van der Waals surface area contributed by atoms with Gasteiger partial charge < -0.3 is 4.57 Å². The minimum atomic E-state index is 0.199. The van der Waals surface area contributed by atoms with Gasteiger partial charge in [0.1, 0.15) is 11.6 Å².